The average molecular weight is 368 g/mol. The molecule has 1 spiro atoms. The number of ether oxygens (including phenoxy) is 1. The van der Waals surface area contributed by atoms with Crippen molar-refractivity contribution in [3.05, 3.63) is 53.9 Å². The summed E-state index contributed by atoms with van der Waals surface area (Å²) < 4.78 is 8.05. The highest BCUT2D eigenvalue weighted by molar-refractivity contribution is 5.92. The second-order valence-electron chi connectivity index (χ2n) is 7.81. The molecule has 1 aromatic heterocycles. The van der Waals surface area contributed by atoms with Gasteiger partial charge in [0, 0.05) is 39.4 Å². The molecule has 1 amide bonds. The van der Waals surface area contributed by atoms with Crippen molar-refractivity contribution in [1.29, 1.82) is 0 Å². The zero-order valence-electron chi connectivity index (χ0n) is 15.9. The predicted molar refractivity (Wildman–Crippen MR) is 103 cm³/mol. The van der Waals surface area contributed by atoms with Crippen LogP contribution in [0.1, 0.15) is 41.7 Å². The van der Waals surface area contributed by atoms with E-state index >= 15 is 0 Å². The van der Waals surface area contributed by atoms with E-state index in [1.165, 1.54) is 5.56 Å². The first-order valence-electron chi connectivity index (χ1n) is 9.84. The van der Waals surface area contributed by atoms with E-state index in [-0.39, 0.29) is 17.6 Å². The van der Waals surface area contributed by atoms with E-state index in [4.69, 9.17) is 4.74 Å². The first kappa shape index (κ1) is 18.2. The minimum Gasteiger partial charge on any atom is -0.370 e. The number of likely N-dealkylation sites (tertiary alicyclic amines) is 1. The Morgan fingerprint density at radius 3 is 2.70 bits per heavy atom. The van der Waals surface area contributed by atoms with E-state index in [2.05, 4.69) is 45.6 Å². The van der Waals surface area contributed by atoms with Gasteiger partial charge in [-0.25, -0.2) is 0 Å². The van der Waals surface area contributed by atoms with Gasteiger partial charge in [-0.15, -0.1) is 0 Å². The lowest BCUT2D eigenvalue weighted by atomic mass is 9.88. The molecule has 0 bridgehead atoms. The van der Waals surface area contributed by atoms with E-state index in [1.54, 1.807) is 16.9 Å². The van der Waals surface area contributed by atoms with Gasteiger partial charge >= 0.3 is 0 Å². The van der Waals surface area contributed by atoms with Crippen LogP contribution in [-0.2, 0) is 18.3 Å². The third kappa shape index (κ3) is 4.39. The number of carbonyl (C=O) groups excluding carboxylic acids is 1. The molecule has 2 fully saturated rings. The second-order valence-corrected chi connectivity index (χ2v) is 7.81. The Morgan fingerprint density at radius 1 is 1.22 bits per heavy atom. The van der Waals surface area contributed by atoms with Crippen LogP contribution >= 0.6 is 0 Å². The Bertz CT molecular complexity index is 765. The van der Waals surface area contributed by atoms with E-state index in [9.17, 15) is 4.79 Å². The van der Waals surface area contributed by atoms with Crippen molar-refractivity contribution >= 4 is 5.91 Å². The van der Waals surface area contributed by atoms with Gasteiger partial charge in [0.25, 0.3) is 5.91 Å². The number of aryl methyl sites for hydroxylation is 1. The van der Waals surface area contributed by atoms with Gasteiger partial charge in [0.1, 0.15) is 5.69 Å². The first-order valence-corrected chi connectivity index (χ1v) is 9.84. The van der Waals surface area contributed by atoms with Gasteiger partial charge in [-0.1, -0.05) is 30.3 Å². The summed E-state index contributed by atoms with van der Waals surface area (Å²) in [6.45, 7) is 3.72. The zero-order valence-corrected chi connectivity index (χ0v) is 15.9. The molecule has 27 heavy (non-hydrogen) atoms. The van der Waals surface area contributed by atoms with Gasteiger partial charge in [-0.3, -0.25) is 14.4 Å². The van der Waals surface area contributed by atoms with E-state index in [0.29, 0.717) is 12.2 Å². The molecule has 1 atom stereocenters. The van der Waals surface area contributed by atoms with Crippen LogP contribution in [0.2, 0.25) is 0 Å². The molecule has 6 nitrogen and oxygen atoms in total. The van der Waals surface area contributed by atoms with Gasteiger partial charge in [-0.05, 0) is 37.3 Å². The van der Waals surface area contributed by atoms with E-state index in [0.717, 1.165) is 45.3 Å². The Labute approximate surface area is 160 Å². The molecular formula is C21H28N4O2. The highest BCUT2D eigenvalue weighted by Crippen LogP contribution is 2.39. The molecule has 1 aromatic carbocycles. The Kier molecular flexibility index (Phi) is 5.27. The average Bonchev–Trinajstić information content (AvgIpc) is 3.30. The summed E-state index contributed by atoms with van der Waals surface area (Å²) in [7, 11) is 1.81. The molecule has 2 aliphatic heterocycles. The molecular weight excluding hydrogens is 340 g/mol. The van der Waals surface area contributed by atoms with Crippen molar-refractivity contribution in [1.82, 2.24) is 20.0 Å². The minimum atomic E-state index is -0.127. The van der Waals surface area contributed by atoms with Gasteiger partial charge in [0.05, 0.1) is 11.7 Å². The van der Waals surface area contributed by atoms with Crippen LogP contribution in [-0.4, -0.2) is 51.9 Å². The number of aromatic nitrogens is 2. The molecule has 0 unspecified atom stereocenters. The molecule has 0 saturated carbocycles. The molecule has 4 rings (SSSR count). The Morgan fingerprint density at radius 2 is 2.00 bits per heavy atom. The van der Waals surface area contributed by atoms with E-state index in [1.807, 2.05) is 7.05 Å². The maximum atomic E-state index is 12.1. The lowest BCUT2D eigenvalue weighted by Gasteiger charge is -2.39. The highest BCUT2D eigenvalue weighted by Gasteiger charge is 2.42. The number of piperidine rings is 1. The second kappa shape index (κ2) is 7.82. The largest absolute Gasteiger partial charge is 0.370 e. The zero-order chi connectivity index (χ0) is 18.7. The van der Waals surface area contributed by atoms with Crippen LogP contribution in [0.15, 0.2) is 42.6 Å². The number of amides is 1. The number of hydrogen-bond donors (Lipinski definition) is 1. The molecule has 6 heteroatoms. The fourth-order valence-corrected chi connectivity index (χ4v) is 4.20. The fourth-order valence-electron chi connectivity index (χ4n) is 4.20. The van der Waals surface area contributed by atoms with Gasteiger partial charge in [0.2, 0.25) is 0 Å². The number of hydrogen-bond acceptors (Lipinski definition) is 4. The van der Waals surface area contributed by atoms with E-state index < -0.39 is 0 Å². The topological polar surface area (TPSA) is 59.4 Å². The smallest absolute Gasteiger partial charge is 0.271 e. The number of carbonyl (C=O) groups is 1. The number of benzene rings is 1. The summed E-state index contributed by atoms with van der Waals surface area (Å²) in [4.78, 5) is 14.7. The Balaban J connectivity index is 1.23. The van der Waals surface area contributed by atoms with Crippen molar-refractivity contribution in [2.24, 2.45) is 7.05 Å². The number of nitrogens with zero attached hydrogens (tertiary/aromatic N) is 3. The quantitative estimate of drug-likeness (QED) is 0.880. The van der Waals surface area contributed by atoms with Gasteiger partial charge in [-0.2, -0.15) is 5.10 Å². The first-order chi connectivity index (χ1) is 13.1. The molecule has 3 heterocycles. The van der Waals surface area contributed by atoms with Crippen molar-refractivity contribution in [3.8, 4) is 0 Å². The molecule has 2 aromatic rings. The normalized spacial score (nSPS) is 22.2. The monoisotopic (exact) mass is 368 g/mol. The summed E-state index contributed by atoms with van der Waals surface area (Å²) >= 11 is 0. The number of nitrogens with one attached hydrogen (secondary N) is 1. The van der Waals surface area contributed by atoms with Crippen LogP contribution < -0.4 is 5.32 Å². The molecule has 2 aliphatic rings. The van der Waals surface area contributed by atoms with Gasteiger partial charge in [0.15, 0.2) is 0 Å². The van der Waals surface area contributed by atoms with Gasteiger partial charge < -0.3 is 10.1 Å². The van der Waals surface area contributed by atoms with Crippen molar-refractivity contribution in [3.63, 3.8) is 0 Å². The summed E-state index contributed by atoms with van der Waals surface area (Å²) in [6.07, 6.45) is 6.14. The molecule has 0 aliphatic carbocycles. The molecule has 1 N–H and O–H groups in total. The van der Waals surface area contributed by atoms with Crippen LogP contribution in [0.5, 0.6) is 0 Å². The maximum Gasteiger partial charge on any atom is 0.271 e. The standard InChI is InChI=1S/C21H28N4O2/c1-24-12-8-19(23-24)20(26)22-15-18-7-9-21(27-18)10-13-25(14-11-21)16-17-5-3-2-4-6-17/h2-6,8,12,18H,7,9-11,13-16H2,1H3,(H,22,26)/t18-/m0/s1. The molecule has 0 radical (unpaired) electrons. The summed E-state index contributed by atoms with van der Waals surface area (Å²) in [5.74, 6) is -0.127. The Hall–Kier alpha value is -2.18. The molecule has 2 saturated heterocycles. The third-order valence-electron chi connectivity index (χ3n) is 5.79. The third-order valence-corrected chi connectivity index (χ3v) is 5.79. The predicted octanol–water partition coefficient (Wildman–Crippen LogP) is 2.36. The van der Waals surface area contributed by atoms with Crippen molar-refractivity contribution in [2.45, 2.75) is 43.9 Å². The van der Waals surface area contributed by atoms with Crippen molar-refractivity contribution < 1.29 is 9.53 Å². The van der Waals surface area contributed by atoms with Crippen LogP contribution in [0.4, 0.5) is 0 Å². The summed E-state index contributed by atoms with van der Waals surface area (Å²) in [5.41, 5.74) is 1.84. The maximum absolute atomic E-state index is 12.1. The number of rotatable bonds is 5. The molecule has 144 valence electrons. The fraction of sp³-hybridized carbons (Fsp3) is 0.524. The lowest BCUT2D eigenvalue weighted by Crippen LogP contribution is -2.44. The lowest BCUT2D eigenvalue weighted by molar-refractivity contribution is -0.0764. The van der Waals surface area contributed by atoms with Crippen LogP contribution in [0.25, 0.3) is 0 Å². The summed E-state index contributed by atoms with van der Waals surface area (Å²) in [6, 6.07) is 12.4. The van der Waals surface area contributed by atoms with Crippen LogP contribution in [0.3, 0.4) is 0 Å². The highest BCUT2D eigenvalue weighted by atomic mass is 16.5. The van der Waals surface area contributed by atoms with Crippen molar-refractivity contribution in [2.75, 3.05) is 19.6 Å². The summed E-state index contributed by atoms with van der Waals surface area (Å²) in [5, 5.41) is 7.11. The minimum absolute atomic E-state index is 0.00752. The van der Waals surface area contributed by atoms with Crippen LogP contribution in [0, 0.1) is 0 Å². The SMILES string of the molecule is Cn1ccc(C(=O)NC[C@@H]2CCC3(CCN(Cc4ccccc4)CC3)O2)n1.